The topological polar surface area (TPSA) is 60.7 Å². The predicted molar refractivity (Wildman–Crippen MR) is 46.3 cm³/mol. The Labute approximate surface area is 70.4 Å². The first-order valence-corrected chi connectivity index (χ1v) is 4.34. The third-order valence-electron chi connectivity index (χ3n) is 2.35. The summed E-state index contributed by atoms with van der Waals surface area (Å²) in [6.45, 7) is 2.08. The van der Waals surface area contributed by atoms with E-state index in [0.29, 0.717) is 5.92 Å². The maximum Gasteiger partial charge on any atom is 0.264 e. The van der Waals surface area contributed by atoms with Crippen LogP contribution in [0.25, 0.3) is 0 Å². The molecule has 0 aliphatic carbocycles. The molecule has 1 aliphatic heterocycles. The molecular formula is C8H13N3O. The van der Waals surface area contributed by atoms with E-state index in [9.17, 15) is 4.79 Å². The fourth-order valence-electron chi connectivity index (χ4n) is 1.68. The molecule has 12 heavy (non-hydrogen) atoms. The highest BCUT2D eigenvalue weighted by atomic mass is 16.1. The summed E-state index contributed by atoms with van der Waals surface area (Å²) in [4.78, 5) is 10.8. The van der Waals surface area contributed by atoms with E-state index < -0.39 is 0 Å². The van der Waals surface area contributed by atoms with E-state index in [1.807, 2.05) is 0 Å². The first kappa shape index (κ1) is 7.61. The van der Waals surface area contributed by atoms with Crippen LogP contribution in [0.1, 0.15) is 24.5 Å². The van der Waals surface area contributed by atoms with Gasteiger partial charge in [-0.2, -0.15) is 0 Å². The van der Waals surface area contributed by atoms with Crippen molar-refractivity contribution in [3.05, 3.63) is 22.1 Å². The van der Waals surface area contributed by atoms with Crippen LogP contribution in [0.4, 0.5) is 0 Å². The summed E-state index contributed by atoms with van der Waals surface area (Å²) in [5, 5.41) is 8.76. The molecule has 0 radical (unpaired) electrons. The molecule has 0 spiro atoms. The smallest absolute Gasteiger partial charge is 0.264 e. The van der Waals surface area contributed by atoms with Gasteiger partial charge in [-0.25, -0.2) is 0 Å². The van der Waals surface area contributed by atoms with Gasteiger partial charge in [0.1, 0.15) is 0 Å². The molecule has 1 saturated heterocycles. The van der Waals surface area contributed by atoms with Crippen LogP contribution in [-0.2, 0) is 0 Å². The minimum Gasteiger partial charge on any atom is -0.316 e. The molecule has 4 heteroatoms. The molecule has 2 rings (SSSR count). The van der Waals surface area contributed by atoms with Crippen LogP contribution in [0.5, 0.6) is 0 Å². The molecule has 4 nitrogen and oxygen atoms in total. The first-order chi connectivity index (χ1) is 5.86. The van der Waals surface area contributed by atoms with Crippen LogP contribution in [0.2, 0.25) is 0 Å². The first-order valence-electron chi connectivity index (χ1n) is 4.34. The van der Waals surface area contributed by atoms with Gasteiger partial charge in [0, 0.05) is 24.2 Å². The van der Waals surface area contributed by atoms with Gasteiger partial charge < -0.3 is 10.4 Å². The minimum absolute atomic E-state index is 0.0319. The minimum atomic E-state index is -0.0319. The summed E-state index contributed by atoms with van der Waals surface area (Å²) in [6.07, 6.45) is 2.36. The molecule has 1 unspecified atom stereocenters. The van der Waals surface area contributed by atoms with Crippen LogP contribution >= 0.6 is 0 Å². The Hall–Kier alpha value is -1.03. The maximum atomic E-state index is 10.8. The summed E-state index contributed by atoms with van der Waals surface area (Å²) >= 11 is 0. The zero-order valence-electron chi connectivity index (χ0n) is 6.89. The molecule has 66 valence electrons. The van der Waals surface area contributed by atoms with Crippen molar-refractivity contribution in [1.82, 2.24) is 15.5 Å². The van der Waals surface area contributed by atoms with Gasteiger partial charge in [-0.05, 0) is 19.4 Å². The molecule has 1 aromatic rings. The van der Waals surface area contributed by atoms with E-state index in [1.54, 1.807) is 6.07 Å². The average molecular weight is 167 g/mol. The SMILES string of the molecule is O=c1cc(C2CCCNC2)[nH][nH]1. The molecule has 0 bridgehead atoms. The monoisotopic (exact) mass is 167 g/mol. The zero-order valence-corrected chi connectivity index (χ0v) is 6.89. The highest BCUT2D eigenvalue weighted by Gasteiger charge is 2.16. The van der Waals surface area contributed by atoms with Gasteiger partial charge >= 0.3 is 0 Å². The Morgan fingerprint density at radius 3 is 2.92 bits per heavy atom. The zero-order chi connectivity index (χ0) is 8.39. The van der Waals surface area contributed by atoms with Crippen LogP contribution in [0.3, 0.4) is 0 Å². The summed E-state index contributed by atoms with van der Waals surface area (Å²) in [6, 6.07) is 1.65. The lowest BCUT2D eigenvalue weighted by molar-refractivity contribution is 0.454. The predicted octanol–water partition coefficient (Wildman–Crippen LogP) is 0.170. The highest BCUT2D eigenvalue weighted by Crippen LogP contribution is 2.19. The summed E-state index contributed by atoms with van der Waals surface area (Å²) in [5.74, 6) is 0.484. The van der Waals surface area contributed by atoms with Gasteiger partial charge in [0.25, 0.3) is 5.56 Å². The molecule has 1 aliphatic rings. The van der Waals surface area contributed by atoms with E-state index in [2.05, 4.69) is 15.5 Å². The average Bonchev–Trinajstić information content (AvgIpc) is 2.54. The van der Waals surface area contributed by atoms with Crippen LogP contribution < -0.4 is 10.9 Å². The maximum absolute atomic E-state index is 10.8. The molecule has 0 amide bonds. The van der Waals surface area contributed by atoms with Gasteiger partial charge in [0.15, 0.2) is 0 Å². The molecule has 0 aromatic carbocycles. The van der Waals surface area contributed by atoms with Crippen molar-refractivity contribution in [2.24, 2.45) is 0 Å². The Morgan fingerprint density at radius 2 is 2.33 bits per heavy atom. The second-order valence-electron chi connectivity index (χ2n) is 3.26. The Balaban J connectivity index is 2.13. The lowest BCUT2D eigenvalue weighted by Gasteiger charge is -2.20. The van der Waals surface area contributed by atoms with Crippen molar-refractivity contribution < 1.29 is 0 Å². The third-order valence-corrected chi connectivity index (χ3v) is 2.35. The standard InChI is InChI=1S/C8H13N3O/c12-8-4-7(10-11-8)6-2-1-3-9-5-6/h4,6,9H,1-3,5H2,(H2,10,11,12). The number of hydrogen-bond donors (Lipinski definition) is 3. The van der Waals surface area contributed by atoms with Crippen LogP contribution in [0.15, 0.2) is 10.9 Å². The van der Waals surface area contributed by atoms with Crippen LogP contribution in [-0.4, -0.2) is 23.3 Å². The van der Waals surface area contributed by atoms with E-state index in [-0.39, 0.29) is 5.56 Å². The Kier molecular flexibility index (Phi) is 1.99. The Bertz CT molecular complexity index is 295. The summed E-state index contributed by atoms with van der Waals surface area (Å²) in [7, 11) is 0. The van der Waals surface area contributed by atoms with Crippen molar-refractivity contribution >= 4 is 0 Å². The number of nitrogens with one attached hydrogen (secondary N) is 3. The number of H-pyrrole nitrogens is 2. The van der Waals surface area contributed by atoms with Gasteiger partial charge in [-0.15, -0.1) is 0 Å². The Morgan fingerprint density at radius 1 is 1.42 bits per heavy atom. The number of piperidine rings is 1. The number of rotatable bonds is 1. The molecule has 1 aromatic heterocycles. The van der Waals surface area contributed by atoms with E-state index in [0.717, 1.165) is 18.8 Å². The van der Waals surface area contributed by atoms with Gasteiger partial charge in [-0.1, -0.05) is 0 Å². The fourth-order valence-corrected chi connectivity index (χ4v) is 1.68. The highest BCUT2D eigenvalue weighted by molar-refractivity contribution is 5.07. The van der Waals surface area contributed by atoms with Crippen molar-refractivity contribution in [3.8, 4) is 0 Å². The number of aromatic nitrogens is 2. The van der Waals surface area contributed by atoms with Crippen molar-refractivity contribution in [3.63, 3.8) is 0 Å². The van der Waals surface area contributed by atoms with E-state index in [4.69, 9.17) is 0 Å². The second-order valence-corrected chi connectivity index (χ2v) is 3.26. The molecule has 1 fully saturated rings. The van der Waals surface area contributed by atoms with Gasteiger partial charge in [0.2, 0.25) is 0 Å². The molecule has 1 atom stereocenters. The molecule has 3 N–H and O–H groups in total. The fraction of sp³-hybridized carbons (Fsp3) is 0.625. The third kappa shape index (κ3) is 1.43. The van der Waals surface area contributed by atoms with Crippen molar-refractivity contribution in [2.75, 3.05) is 13.1 Å². The summed E-state index contributed by atoms with van der Waals surface area (Å²) < 4.78 is 0. The van der Waals surface area contributed by atoms with Gasteiger partial charge in [0.05, 0.1) is 0 Å². The lowest BCUT2D eigenvalue weighted by atomic mass is 9.96. The largest absolute Gasteiger partial charge is 0.316 e. The van der Waals surface area contributed by atoms with E-state index in [1.165, 1.54) is 12.8 Å². The number of aromatic amines is 2. The normalized spacial score (nSPS) is 24.2. The summed E-state index contributed by atoms with van der Waals surface area (Å²) in [5.41, 5.74) is 1.00. The van der Waals surface area contributed by atoms with E-state index >= 15 is 0 Å². The quantitative estimate of drug-likeness (QED) is 0.558. The second kappa shape index (κ2) is 3.15. The van der Waals surface area contributed by atoms with Crippen molar-refractivity contribution in [1.29, 1.82) is 0 Å². The lowest BCUT2D eigenvalue weighted by Crippen LogP contribution is -2.28. The molecule has 2 heterocycles. The van der Waals surface area contributed by atoms with Crippen LogP contribution in [0, 0.1) is 0 Å². The van der Waals surface area contributed by atoms with Crippen molar-refractivity contribution in [2.45, 2.75) is 18.8 Å². The molecule has 0 saturated carbocycles. The number of hydrogen-bond acceptors (Lipinski definition) is 2. The van der Waals surface area contributed by atoms with Gasteiger partial charge in [-0.3, -0.25) is 9.89 Å². The molecular weight excluding hydrogens is 154 g/mol.